The Bertz CT molecular complexity index is 959. The first-order valence-electron chi connectivity index (χ1n) is 7.69. The van der Waals surface area contributed by atoms with Crippen LogP contribution in [0.25, 0.3) is 0 Å². The molecule has 2 aromatic carbocycles. The van der Waals surface area contributed by atoms with Crippen molar-refractivity contribution in [2.45, 2.75) is 6.92 Å². The molecule has 132 valence electrons. The number of aromatic nitrogens is 1. The Morgan fingerprint density at radius 1 is 0.923 bits per heavy atom. The number of halogens is 3. The molecule has 7 heteroatoms. The van der Waals surface area contributed by atoms with E-state index in [2.05, 4.69) is 15.6 Å². The summed E-state index contributed by atoms with van der Waals surface area (Å²) in [6, 6.07) is 12.1. The second-order valence-electron chi connectivity index (χ2n) is 5.55. The Kier molecular flexibility index (Phi) is 4.88. The minimum atomic E-state index is -1.57. The lowest BCUT2D eigenvalue weighted by Gasteiger charge is -2.10. The molecular weight excluding hydrogens is 343 g/mol. The third-order valence-electron chi connectivity index (χ3n) is 3.72. The number of para-hydroxylation sites is 1. The summed E-state index contributed by atoms with van der Waals surface area (Å²) in [6.07, 6.45) is 1.30. The van der Waals surface area contributed by atoms with Crippen LogP contribution in [-0.2, 0) is 0 Å². The maximum Gasteiger partial charge on any atom is 0.257 e. The number of carbonyl (C=O) groups is 1. The zero-order valence-electron chi connectivity index (χ0n) is 13.7. The van der Waals surface area contributed by atoms with Gasteiger partial charge in [-0.25, -0.2) is 18.2 Å². The number of amides is 1. The van der Waals surface area contributed by atoms with Gasteiger partial charge in [-0.15, -0.1) is 0 Å². The first-order valence-corrected chi connectivity index (χ1v) is 7.69. The standard InChI is InChI=1S/C19H14F3N3O/c1-11-4-2-3-5-14(11)25-19(26)12-6-9-16(23-10-12)24-15-8-7-13(20)17(21)18(15)22/h2-10H,1H3,(H,23,24)(H,25,26). The van der Waals surface area contributed by atoms with Gasteiger partial charge in [0.05, 0.1) is 11.3 Å². The number of nitrogens with one attached hydrogen (secondary N) is 2. The lowest BCUT2D eigenvalue weighted by Crippen LogP contribution is -2.13. The fourth-order valence-electron chi connectivity index (χ4n) is 2.27. The summed E-state index contributed by atoms with van der Waals surface area (Å²) >= 11 is 0. The van der Waals surface area contributed by atoms with E-state index in [9.17, 15) is 18.0 Å². The normalized spacial score (nSPS) is 10.5. The molecule has 2 N–H and O–H groups in total. The highest BCUT2D eigenvalue weighted by molar-refractivity contribution is 6.04. The van der Waals surface area contributed by atoms with Crippen molar-refractivity contribution >= 4 is 23.1 Å². The predicted octanol–water partition coefficient (Wildman–Crippen LogP) is 4.80. The molecule has 26 heavy (non-hydrogen) atoms. The van der Waals surface area contributed by atoms with E-state index in [0.717, 1.165) is 17.7 Å². The summed E-state index contributed by atoms with van der Waals surface area (Å²) in [5.74, 6) is -4.35. The Hall–Kier alpha value is -3.35. The van der Waals surface area contributed by atoms with Gasteiger partial charge in [0, 0.05) is 11.9 Å². The fourth-order valence-corrected chi connectivity index (χ4v) is 2.27. The van der Waals surface area contributed by atoms with Gasteiger partial charge in [0.25, 0.3) is 5.91 Å². The van der Waals surface area contributed by atoms with E-state index in [4.69, 9.17) is 0 Å². The van der Waals surface area contributed by atoms with Crippen LogP contribution in [0.3, 0.4) is 0 Å². The highest BCUT2D eigenvalue weighted by atomic mass is 19.2. The largest absolute Gasteiger partial charge is 0.338 e. The van der Waals surface area contributed by atoms with Gasteiger partial charge in [0.1, 0.15) is 5.82 Å². The van der Waals surface area contributed by atoms with Crippen molar-refractivity contribution in [2.75, 3.05) is 10.6 Å². The van der Waals surface area contributed by atoms with Gasteiger partial charge in [-0.3, -0.25) is 4.79 Å². The molecule has 0 saturated carbocycles. The van der Waals surface area contributed by atoms with Crippen molar-refractivity contribution < 1.29 is 18.0 Å². The Balaban J connectivity index is 1.73. The SMILES string of the molecule is Cc1ccccc1NC(=O)c1ccc(Nc2ccc(F)c(F)c2F)nc1. The van der Waals surface area contributed by atoms with Gasteiger partial charge in [0.2, 0.25) is 0 Å². The van der Waals surface area contributed by atoms with Gasteiger partial charge in [-0.05, 0) is 42.8 Å². The number of aryl methyl sites for hydroxylation is 1. The van der Waals surface area contributed by atoms with Crippen LogP contribution in [-0.4, -0.2) is 10.9 Å². The molecule has 0 aliphatic heterocycles. The Morgan fingerprint density at radius 3 is 2.38 bits per heavy atom. The molecule has 1 heterocycles. The van der Waals surface area contributed by atoms with E-state index in [-0.39, 0.29) is 17.4 Å². The summed E-state index contributed by atoms with van der Waals surface area (Å²) in [4.78, 5) is 16.2. The zero-order chi connectivity index (χ0) is 18.7. The molecule has 0 fully saturated rings. The van der Waals surface area contributed by atoms with E-state index >= 15 is 0 Å². The number of nitrogens with zero attached hydrogens (tertiary/aromatic N) is 1. The van der Waals surface area contributed by atoms with Crippen LogP contribution in [0.1, 0.15) is 15.9 Å². The Labute approximate surface area is 147 Å². The van der Waals surface area contributed by atoms with Crippen molar-refractivity contribution in [3.05, 3.63) is 83.3 Å². The van der Waals surface area contributed by atoms with Gasteiger partial charge < -0.3 is 10.6 Å². The second kappa shape index (κ2) is 7.26. The van der Waals surface area contributed by atoms with Crippen LogP contribution in [0.2, 0.25) is 0 Å². The number of hydrogen-bond acceptors (Lipinski definition) is 3. The lowest BCUT2D eigenvalue weighted by molar-refractivity contribution is 0.102. The van der Waals surface area contributed by atoms with E-state index in [0.29, 0.717) is 11.3 Å². The topological polar surface area (TPSA) is 54.0 Å². The molecule has 3 aromatic rings. The minimum Gasteiger partial charge on any atom is -0.338 e. The molecule has 0 aliphatic rings. The van der Waals surface area contributed by atoms with Crippen LogP contribution in [0.5, 0.6) is 0 Å². The molecule has 0 saturated heterocycles. The zero-order valence-corrected chi connectivity index (χ0v) is 13.7. The highest BCUT2D eigenvalue weighted by Crippen LogP contribution is 2.23. The summed E-state index contributed by atoms with van der Waals surface area (Å²) < 4.78 is 39.9. The molecule has 1 amide bonds. The quantitative estimate of drug-likeness (QED) is 0.659. The van der Waals surface area contributed by atoms with Crippen molar-refractivity contribution in [1.82, 2.24) is 4.98 Å². The van der Waals surface area contributed by atoms with Crippen molar-refractivity contribution in [1.29, 1.82) is 0 Å². The molecule has 1 aromatic heterocycles. The van der Waals surface area contributed by atoms with Gasteiger partial charge in [-0.2, -0.15) is 0 Å². The monoisotopic (exact) mass is 357 g/mol. The van der Waals surface area contributed by atoms with Crippen LogP contribution in [0.15, 0.2) is 54.7 Å². The predicted molar refractivity (Wildman–Crippen MR) is 93.0 cm³/mol. The smallest absolute Gasteiger partial charge is 0.257 e. The molecule has 0 unspecified atom stereocenters. The van der Waals surface area contributed by atoms with Crippen LogP contribution in [0, 0.1) is 24.4 Å². The van der Waals surface area contributed by atoms with Crippen LogP contribution >= 0.6 is 0 Å². The molecule has 0 spiro atoms. The third kappa shape index (κ3) is 3.66. The minimum absolute atomic E-state index is 0.183. The number of benzene rings is 2. The summed E-state index contributed by atoms with van der Waals surface area (Å²) in [5.41, 5.74) is 1.64. The van der Waals surface area contributed by atoms with E-state index in [1.54, 1.807) is 6.07 Å². The maximum absolute atomic E-state index is 13.7. The summed E-state index contributed by atoms with van der Waals surface area (Å²) in [5, 5.41) is 5.31. The molecule has 3 rings (SSSR count). The number of hydrogen-bond donors (Lipinski definition) is 2. The van der Waals surface area contributed by atoms with E-state index < -0.39 is 17.5 Å². The molecule has 0 atom stereocenters. The Morgan fingerprint density at radius 2 is 1.69 bits per heavy atom. The van der Waals surface area contributed by atoms with Crippen molar-refractivity contribution in [2.24, 2.45) is 0 Å². The van der Waals surface area contributed by atoms with Crippen LogP contribution in [0.4, 0.5) is 30.4 Å². The lowest BCUT2D eigenvalue weighted by atomic mass is 10.2. The average Bonchev–Trinajstić information content (AvgIpc) is 2.64. The summed E-state index contributed by atoms with van der Waals surface area (Å²) in [7, 11) is 0. The van der Waals surface area contributed by atoms with Crippen LogP contribution < -0.4 is 10.6 Å². The fraction of sp³-hybridized carbons (Fsp3) is 0.0526. The number of anilines is 3. The van der Waals surface area contributed by atoms with Gasteiger partial charge in [0.15, 0.2) is 17.5 Å². The third-order valence-corrected chi connectivity index (χ3v) is 3.72. The van der Waals surface area contributed by atoms with E-state index in [1.165, 1.54) is 18.3 Å². The van der Waals surface area contributed by atoms with Crippen molar-refractivity contribution in [3.63, 3.8) is 0 Å². The summed E-state index contributed by atoms with van der Waals surface area (Å²) in [6.45, 7) is 1.87. The highest BCUT2D eigenvalue weighted by Gasteiger charge is 2.14. The second-order valence-corrected chi connectivity index (χ2v) is 5.55. The molecule has 0 bridgehead atoms. The first kappa shape index (κ1) is 17.5. The first-order chi connectivity index (χ1) is 12.5. The molecule has 4 nitrogen and oxygen atoms in total. The molecule has 0 radical (unpaired) electrons. The average molecular weight is 357 g/mol. The maximum atomic E-state index is 13.7. The van der Waals surface area contributed by atoms with Gasteiger partial charge in [-0.1, -0.05) is 18.2 Å². The number of rotatable bonds is 4. The number of carbonyl (C=O) groups excluding carboxylic acids is 1. The molecular formula is C19H14F3N3O. The van der Waals surface area contributed by atoms with Gasteiger partial charge >= 0.3 is 0 Å². The van der Waals surface area contributed by atoms with Crippen molar-refractivity contribution in [3.8, 4) is 0 Å². The van der Waals surface area contributed by atoms with E-state index in [1.807, 2.05) is 25.1 Å². The molecule has 0 aliphatic carbocycles. The number of pyridine rings is 1.